The molecule has 144 valence electrons. The number of para-hydroxylation sites is 1. The molecule has 0 aliphatic rings. The average Bonchev–Trinajstić information content (AvgIpc) is 2.71. The van der Waals surface area contributed by atoms with E-state index in [-0.39, 0.29) is 24.4 Å². The van der Waals surface area contributed by atoms with Crippen molar-refractivity contribution in [3.8, 4) is 17.0 Å². The Morgan fingerprint density at radius 1 is 1.11 bits per heavy atom. The molecule has 0 saturated carbocycles. The number of ether oxygens (including phenoxy) is 1. The van der Waals surface area contributed by atoms with Crippen LogP contribution in [0.3, 0.4) is 0 Å². The van der Waals surface area contributed by atoms with E-state index in [4.69, 9.17) is 4.74 Å². The van der Waals surface area contributed by atoms with E-state index in [2.05, 4.69) is 10.4 Å². The van der Waals surface area contributed by atoms with Crippen molar-refractivity contribution in [2.24, 2.45) is 0 Å². The molecule has 0 bridgehead atoms. The molecule has 1 atom stereocenters. The Kier molecular flexibility index (Phi) is 6.16. The van der Waals surface area contributed by atoms with E-state index in [0.717, 1.165) is 5.56 Å². The van der Waals surface area contributed by atoms with Gasteiger partial charge in [0, 0.05) is 18.2 Å². The van der Waals surface area contributed by atoms with Gasteiger partial charge in [0.05, 0.1) is 12.2 Å². The lowest BCUT2D eigenvalue weighted by molar-refractivity contribution is -0.127. The van der Waals surface area contributed by atoms with Gasteiger partial charge in [-0.1, -0.05) is 42.5 Å². The minimum Gasteiger partial charge on any atom is -0.478 e. The third-order valence-electron chi connectivity index (χ3n) is 4.07. The number of hydrogen-bond acceptors (Lipinski definition) is 4. The molecule has 28 heavy (non-hydrogen) atoms. The van der Waals surface area contributed by atoms with Gasteiger partial charge >= 0.3 is 0 Å². The summed E-state index contributed by atoms with van der Waals surface area (Å²) < 4.78 is 20.2. The number of nitrogens with zero attached hydrogens (tertiary/aromatic N) is 2. The highest BCUT2D eigenvalue weighted by Crippen LogP contribution is 2.17. The van der Waals surface area contributed by atoms with Crippen LogP contribution in [-0.4, -0.2) is 28.3 Å². The lowest BCUT2D eigenvalue weighted by atomic mass is 10.1. The van der Waals surface area contributed by atoms with Crippen LogP contribution in [0.5, 0.6) is 5.75 Å². The van der Waals surface area contributed by atoms with Crippen molar-refractivity contribution in [2.45, 2.75) is 19.6 Å². The van der Waals surface area contributed by atoms with Crippen LogP contribution in [0.4, 0.5) is 4.39 Å². The van der Waals surface area contributed by atoms with Crippen molar-refractivity contribution in [1.29, 1.82) is 0 Å². The van der Waals surface area contributed by atoms with Crippen LogP contribution in [0.1, 0.15) is 6.92 Å². The summed E-state index contributed by atoms with van der Waals surface area (Å²) in [6.07, 6.45) is -0.878. The molecule has 1 aromatic heterocycles. The minimum atomic E-state index is -0.878. The molecule has 0 aliphatic carbocycles. The van der Waals surface area contributed by atoms with E-state index >= 15 is 0 Å². The monoisotopic (exact) mass is 381 g/mol. The molecule has 7 heteroatoms. The molecule has 1 N–H and O–H groups in total. The highest BCUT2D eigenvalue weighted by atomic mass is 19.1. The maximum atomic E-state index is 13.6. The number of amides is 1. The Bertz CT molecular complexity index is 1010. The number of hydrogen-bond donors (Lipinski definition) is 1. The number of aromatic nitrogens is 2. The van der Waals surface area contributed by atoms with Gasteiger partial charge in [0.2, 0.25) is 0 Å². The Morgan fingerprint density at radius 3 is 2.57 bits per heavy atom. The van der Waals surface area contributed by atoms with Gasteiger partial charge in [0.1, 0.15) is 0 Å². The number of carbonyl (C=O) groups is 1. The van der Waals surface area contributed by atoms with Gasteiger partial charge in [-0.15, -0.1) is 0 Å². The Morgan fingerprint density at radius 2 is 1.82 bits per heavy atom. The van der Waals surface area contributed by atoms with Crippen molar-refractivity contribution >= 4 is 5.91 Å². The molecule has 0 radical (unpaired) electrons. The highest BCUT2D eigenvalue weighted by molar-refractivity contribution is 5.80. The van der Waals surface area contributed by atoms with Gasteiger partial charge < -0.3 is 10.1 Å². The van der Waals surface area contributed by atoms with Gasteiger partial charge in [-0.25, -0.2) is 9.07 Å². The van der Waals surface area contributed by atoms with Crippen LogP contribution in [-0.2, 0) is 11.3 Å². The van der Waals surface area contributed by atoms with Gasteiger partial charge in [-0.2, -0.15) is 5.10 Å². The topological polar surface area (TPSA) is 73.2 Å². The van der Waals surface area contributed by atoms with Crippen molar-refractivity contribution in [2.75, 3.05) is 6.54 Å². The smallest absolute Gasteiger partial charge is 0.266 e. The summed E-state index contributed by atoms with van der Waals surface area (Å²) in [7, 11) is 0. The molecule has 6 nitrogen and oxygen atoms in total. The lowest BCUT2D eigenvalue weighted by Crippen LogP contribution is -2.39. The molecule has 3 aromatic rings. The maximum absolute atomic E-state index is 13.6. The van der Waals surface area contributed by atoms with Crippen molar-refractivity contribution in [3.63, 3.8) is 0 Å². The van der Waals surface area contributed by atoms with Crippen molar-refractivity contribution in [3.05, 3.63) is 82.9 Å². The fourth-order valence-corrected chi connectivity index (χ4v) is 2.58. The van der Waals surface area contributed by atoms with E-state index in [1.54, 1.807) is 18.2 Å². The van der Waals surface area contributed by atoms with Crippen LogP contribution in [0.25, 0.3) is 11.3 Å². The summed E-state index contributed by atoms with van der Waals surface area (Å²) in [5.74, 6) is -0.926. The summed E-state index contributed by atoms with van der Waals surface area (Å²) in [5.41, 5.74) is 1.31. The predicted octanol–water partition coefficient (Wildman–Crippen LogP) is 2.63. The Hall–Kier alpha value is -3.48. The van der Waals surface area contributed by atoms with E-state index in [1.807, 2.05) is 30.3 Å². The third-order valence-corrected chi connectivity index (χ3v) is 4.07. The van der Waals surface area contributed by atoms with Crippen LogP contribution < -0.4 is 15.6 Å². The molecular weight excluding hydrogens is 361 g/mol. The summed E-state index contributed by atoms with van der Waals surface area (Å²) in [5, 5.41) is 7.01. The van der Waals surface area contributed by atoms with Crippen molar-refractivity contribution in [1.82, 2.24) is 15.1 Å². The second-order valence-corrected chi connectivity index (χ2v) is 6.13. The number of nitrogens with one attached hydrogen (secondary N) is 1. The van der Waals surface area contributed by atoms with E-state index in [1.165, 1.54) is 29.8 Å². The normalized spacial score (nSPS) is 11.6. The zero-order valence-electron chi connectivity index (χ0n) is 15.3. The first-order chi connectivity index (χ1) is 13.5. The lowest BCUT2D eigenvalue weighted by Gasteiger charge is -2.15. The van der Waals surface area contributed by atoms with E-state index in [9.17, 15) is 14.0 Å². The molecule has 0 saturated heterocycles. The third kappa shape index (κ3) is 4.82. The molecule has 0 spiro atoms. The highest BCUT2D eigenvalue weighted by Gasteiger charge is 2.16. The first kappa shape index (κ1) is 19.3. The fraction of sp³-hybridized carbons (Fsp3) is 0.190. The number of benzene rings is 2. The minimum absolute atomic E-state index is 0.0126. The molecule has 0 aliphatic heterocycles. The first-order valence-electron chi connectivity index (χ1n) is 8.87. The standard InChI is InChI=1S/C21H20FN3O3/c1-15(28-19-10-6-5-9-17(19)22)21(27)23-13-14-25-20(26)12-11-18(24-25)16-7-3-2-4-8-16/h2-12,15H,13-14H2,1H3,(H,23,27)/t15-/m1/s1. The van der Waals surface area contributed by atoms with E-state index in [0.29, 0.717) is 5.69 Å². The summed E-state index contributed by atoms with van der Waals surface area (Å²) >= 11 is 0. The van der Waals surface area contributed by atoms with Crippen LogP contribution in [0.15, 0.2) is 71.5 Å². The van der Waals surface area contributed by atoms with Gasteiger partial charge in [0.25, 0.3) is 11.5 Å². The number of carbonyl (C=O) groups excluding carboxylic acids is 1. The number of rotatable bonds is 7. The van der Waals surface area contributed by atoms with Crippen LogP contribution in [0.2, 0.25) is 0 Å². The molecular formula is C21H20FN3O3. The maximum Gasteiger partial charge on any atom is 0.266 e. The van der Waals surface area contributed by atoms with Gasteiger partial charge in [0.15, 0.2) is 17.7 Å². The zero-order chi connectivity index (χ0) is 19.9. The summed E-state index contributed by atoms with van der Waals surface area (Å²) in [4.78, 5) is 24.2. The number of halogens is 1. The molecule has 2 aromatic carbocycles. The first-order valence-corrected chi connectivity index (χ1v) is 8.87. The Balaban J connectivity index is 1.58. The van der Waals surface area contributed by atoms with Crippen LogP contribution >= 0.6 is 0 Å². The fourth-order valence-electron chi connectivity index (χ4n) is 2.58. The SMILES string of the molecule is C[C@@H](Oc1ccccc1F)C(=O)NCCn1nc(-c2ccccc2)ccc1=O. The largest absolute Gasteiger partial charge is 0.478 e. The average molecular weight is 381 g/mol. The molecule has 0 unspecified atom stereocenters. The quantitative estimate of drug-likeness (QED) is 0.683. The summed E-state index contributed by atoms with van der Waals surface area (Å²) in [6, 6.07) is 18.5. The molecule has 1 amide bonds. The van der Waals surface area contributed by atoms with E-state index < -0.39 is 17.8 Å². The van der Waals surface area contributed by atoms with Gasteiger partial charge in [-0.05, 0) is 25.1 Å². The second kappa shape index (κ2) is 8.94. The van der Waals surface area contributed by atoms with Gasteiger partial charge in [-0.3, -0.25) is 9.59 Å². The van der Waals surface area contributed by atoms with Crippen LogP contribution in [0, 0.1) is 5.82 Å². The second-order valence-electron chi connectivity index (χ2n) is 6.13. The molecule has 3 rings (SSSR count). The zero-order valence-corrected chi connectivity index (χ0v) is 15.3. The van der Waals surface area contributed by atoms with Crippen molar-refractivity contribution < 1.29 is 13.9 Å². The summed E-state index contributed by atoms with van der Waals surface area (Å²) in [6.45, 7) is 1.93. The molecule has 0 fully saturated rings. The predicted molar refractivity (Wildman–Crippen MR) is 103 cm³/mol. The molecule has 1 heterocycles. The Labute approximate surface area is 161 Å².